The zero-order valence-corrected chi connectivity index (χ0v) is 12.0. The number of aliphatic carboxylic acids is 1. The number of rotatable bonds is 5. The van der Waals surface area contributed by atoms with Gasteiger partial charge in [0.15, 0.2) is 0 Å². The van der Waals surface area contributed by atoms with Crippen LogP contribution in [0, 0.1) is 5.82 Å². The first-order valence-corrected chi connectivity index (χ1v) is 6.98. The Hall–Kier alpha value is -1.88. The summed E-state index contributed by atoms with van der Waals surface area (Å²) >= 11 is 1.46. The third kappa shape index (κ3) is 3.17. The van der Waals surface area contributed by atoms with E-state index in [0.717, 1.165) is 9.75 Å². The van der Waals surface area contributed by atoms with E-state index in [1.165, 1.54) is 30.6 Å². The molecule has 20 heavy (non-hydrogen) atoms. The van der Waals surface area contributed by atoms with Gasteiger partial charge in [0.2, 0.25) is 0 Å². The predicted octanol–water partition coefficient (Wildman–Crippen LogP) is 4.14. The molecule has 0 aliphatic heterocycles. The van der Waals surface area contributed by atoms with Gasteiger partial charge >= 0.3 is 5.97 Å². The van der Waals surface area contributed by atoms with Gasteiger partial charge in [-0.05, 0) is 30.3 Å². The number of carboxylic acid groups (broad SMARTS) is 1. The van der Waals surface area contributed by atoms with Gasteiger partial charge in [0.25, 0.3) is 0 Å². The Morgan fingerprint density at radius 2 is 2.15 bits per heavy atom. The fourth-order valence-corrected chi connectivity index (χ4v) is 3.08. The van der Waals surface area contributed by atoms with Crippen LogP contribution in [0.5, 0.6) is 5.75 Å². The van der Waals surface area contributed by atoms with Crippen molar-refractivity contribution in [1.82, 2.24) is 0 Å². The third-order valence-electron chi connectivity index (χ3n) is 3.02. The maximum absolute atomic E-state index is 13.4. The number of hydrogen-bond acceptors (Lipinski definition) is 3. The molecule has 0 amide bonds. The number of benzene rings is 1. The average molecular weight is 294 g/mol. The van der Waals surface area contributed by atoms with E-state index >= 15 is 0 Å². The van der Waals surface area contributed by atoms with Crippen molar-refractivity contribution in [2.24, 2.45) is 0 Å². The van der Waals surface area contributed by atoms with Crippen LogP contribution in [0.3, 0.4) is 0 Å². The van der Waals surface area contributed by atoms with Crippen molar-refractivity contribution >= 4 is 17.3 Å². The summed E-state index contributed by atoms with van der Waals surface area (Å²) in [5.41, 5.74) is 0.686. The van der Waals surface area contributed by atoms with Crippen molar-refractivity contribution < 1.29 is 19.0 Å². The van der Waals surface area contributed by atoms with Crippen LogP contribution in [0.4, 0.5) is 4.39 Å². The fourth-order valence-electron chi connectivity index (χ4n) is 2.00. The van der Waals surface area contributed by atoms with Gasteiger partial charge in [-0.1, -0.05) is 6.92 Å². The van der Waals surface area contributed by atoms with Gasteiger partial charge in [-0.25, -0.2) is 4.39 Å². The van der Waals surface area contributed by atoms with Crippen molar-refractivity contribution in [3.63, 3.8) is 0 Å². The minimum Gasteiger partial charge on any atom is -0.496 e. The van der Waals surface area contributed by atoms with E-state index in [-0.39, 0.29) is 18.2 Å². The molecule has 0 saturated heterocycles. The second kappa shape index (κ2) is 6.05. The molecule has 2 rings (SSSR count). The summed E-state index contributed by atoms with van der Waals surface area (Å²) in [7, 11) is 1.54. The molecule has 0 spiro atoms. The lowest BCUT2D eigenvalue weighted by atomic mass is 10.1. The lowest BCUT2D eigenvalue weighted by Gasteiger charge is -2.07. The maximum atomic E-state index is 13.4. The molecule has 0 radical (unpaired) electrons. The van der Waals surface area contributed by atoms with E-state index in [4.69, 9.17) is 9.84 Å². The quantitative estimate of drug-likeness (QED) is 0.901. The Labute approximate surface area is 120 Å². The summed E-state index contributed by atoms with van der Waals surface area (Å²) in [6.45, 7) is 1.87. The molecule has 1 N–H and O–H groups in total. The van der Waals surface area contributed by atoms with E-state index < -0.39 is 5.97 Å². The van der Waals surface area contributed by atoms with Gasteiger partial charge in [-0.3, -0.25) is 4.79 Å². The maximum Gasteiger partial charge on any atom is 0.303 e. The number of carboxylic acids is 1. The van der Waals surface area contributed by atoms with Gasteiger partial charge in [0.05, 0.1) is 13.5 Å². The van der Waals surface area contributed by atoms with Crippen LogP contribution in [-0.2, 0) is 4.79 Å². The predicted molar refractivity (Wildman–Crippen MR) is 76.9 cm³/mol. The SMILES string of the molecule is COc1ccc(F)cc1-c1ccc(C(C)CC(=O)O)s1. The van der Waals surface area contributed by atoms with Crippen LogP contribution >= 0.6 is 11.3 Å². The van der Waals surface area contributed by atoms with Crippen molar-refractivity contribution in [1.29, 1.82) is 0 Å². The zero-order valence-electron chi connectivity index (χ0n) is 11.2. The van der Waals surface area contributed by atoms with Crippen molar-refractivity contribution in [3.05, 3.63) is 41.0 Å². The van der Waals surface area contributed by atoms with Crippen LogP contribution in [-0.4, -0.2) is 18.2 Å². The summed E-state index contributed by atoms with van der Waals surface area (Å²) in [4.78, 5) is 12.6. The first kappa shape index (κ1) is 14.5. The van der Waals surface area contributed by atoms with Gasteiger partial charge in [-0.2, -0.15) is 0 Å². The highest BCUT2D eigenvalue weighted by atomic mass is 32.1. The summed E-state index contributed by atoms with van der Waals surface area (Å²) in [5, 5.41) is 8.82. The monoisotopic (exact) mass is 294 g/mol. The Morgan fingerprint density at radius 3 is 2.80 bits per heavy atom. The highest BCUT2D eigenvalue weighted by Crippen LogP contribution is 2.38. The Kier molecular flexibility index (Phi) is 4.39. The second-order valence-corrected chi connectivity index (χ2v) is 5.66. The number of ether oxygens (including phenoxy) is 1. The van der Waals surface area contributed by atoms with E-state index in [1.807, 2.05) is 19.1 Å². The van der Waals surface area contributed by atoms with Gasteiger partial charge in [0.1, 0.15) is 11.6 Å². The molecule has 106 valence electrons. The molecule has 0 aliphatic carbocycles. The van der Waals surface area contributed by atoms with E-state index in [2.05, 4.69) is 0 Å². The number of hydrogen-bond donors (Lipinski definition) is 1. The lowest BCUT2D eigenvalue weighted by Crippen LogP contribution is -2.00. The van der Waals surface area contributed by atoms with Gasteiger partial charge in [0, 0.05) is 21.2 Å². The largest absolute Gasteiger partial charge is 0.496 e. The van der Waals surface area contributed by atoms with E-state index in [0.29, 0.717) is 11.3 Å². The minimum absolute atomic E-state index is 0.0641. The van der Waals surface area contributed by atoms with Crippen LogP contribution in [0.25, 0.3) is 10.4 Å². The standard InChI is InChI=1S/C15H15FO3S/c1-9(7-15(17)18)13-5-6-14(20-13)11-8-10(16)3-4-12(11)19-2/h3-6,8-9H,7H2,1-2H3,(H,17,18). The van der Waals surface area contributed by atoms with Crippen molar-refractivity contribution in [3.8, 4) is 16.2 Å². The van der Waals surface area contributed by atoms with E-state index in [9.17, 15) is 9.18 Å². The van der Waals surface area contributed by atoms with Crippen LogP contribution in [0.1, 0.15) is 24.1 Å². The third-order valence-corrected chi connectivity index (χ3v) is 4.37. The molecule has 1 aromatic carbocycles. The highest BCUT2D eigenvalue weighted by Gasteiger charge is 2.15. The molecule has 0 saturated carbocycles. The number of halogens is 1. The van der Waals surface area contributed by atoms with Crippen LogP contribution in [0.2, 0.25) is 0 Å². The molecule has 1 aromatic heterocycles. The Balaban J connectivity index is 2.33. The molecule has 0 aliphatic rings. The lowest BCUT2D eigenvalue weighted by molar-refractivity contribution is -0.137. The normalized spacial score (nSPS) is 12.2. The highest BCUT2D eigenvalue weighted by molar-refractivity contribution is 7.15. The molecule has 1 atom stereocenters. The topological polar surface area (TPSA) is 46.5 Å². The molecule has 3 nitrogen and oxygen atoms in total. The molecular weight excluding hydrogens is 279 g/mol. The first-order valence-electron chi connectivity index (χ1n) is 6.16. The number of thiophene rings is 1. The molecule has 1 unspecified atom stereocenters. The van der Waals surface area contributed by atoms with Crippen LogP contribution in [0.15, 0.2) is 30.3 Å². The smallest absolute Gasteiger partial charge is 0.303 e. The van der Waals surface area contributed by atoms with Crippen LogP contribution < -0.4 is 4.74 Å². The summed E-state index contributed by atoms with van der Waals surface area (Å²) in [5.74, 6) is -0.610. The molecular formula is C15H15FO3S. The minimum atomic E-state index is -0.823. The Bertz CT molecular complexity index is 621. The van der Waals surface area contributed by atoms with Gasteiger partial charge in [-0.15, -0.1) is 11.3 Å². The molecule has 5 heteroatoms. The first-order chi connectivity index (χ1) is 9.51. The molecule has 1 heterocycles. The number of methoxy groups -OCH3 is 1. The van der Waals surface area contributed by atoms with Gasteiger partial charge < -0.3 is 9.84 Å². The molecule has 2 aromatic rings. The summed E-state index contributed by atoms with van der Waals surface area (Å²) in [6.07, 6.45) is 0.0836. The molecule has 0 bridgehead atoms. The Morgan fingerprint density at radius 1 is 1.40 bits per heavy atom. The van der Waals surface area contributed by atoms with Crippen molar-refractivity contribution in [2.75, 3.05) is 7.11 Å². The second-order valence-electron chi connectivity index (χ2n) is 4.55. The summed E-state index contributed by atoms with van der Waals surface area (Å²) in [6, 6.07) is 8.12. The fraction of sp³-hybridized carbons (Fsp3) is 0.267. The zero-order chi connectivity index (χ0) is 14.7. The number of carbonyl (C=O) groups is 1. The molecule has 0 fully saturated rings. The van der Waals surface area contributed by atoms with Crippen molar-refractivity contribution in [2.45, 2.75) is 19.3 Å². The van der Waals surface area contributed by atoms with E-state index in [1.54, 1.807) is 6.07 Å². The summed E-state index contributed by atoms with van der Waals surface area (Å²) < 4.78 is 18.6. The average Bonchev–Trinajstić information content (AvgIpc) is 2.87.